The van der Waals surface area contributed by atoms with Gasteiger partial charge in [-0.1, -0.05) is 5.16 Å². The van der Waals surface area contributed by atoms with Crippen LogP contribution >= 0.6 is 0 Å². The molecule has 22 heavy (non-hydrogen) atoms. The summed E-state index contributed by atoms with van der Waals surface area (Å²) >= 11 is 0. The third kappa shape index (κ3) is 3.22. The van der Waals surface area contributed by atoms with Gasteiger partial charge in [0.05, 0.1) is 18.3 Å². The van der Waals surface area contributed by atoms with Gasteiger partial charge in [0.1, 0.15) is 5.82 Å². The molecule has 2 aromatic heterocycles. The van der Waals surface area contributed by atoms with Gasteiger partial charge in [0.25, 0.3) is 0 Å². The summed E-state index contributed by atoms with van der Waals surface area (Å²) in [4.78, 5) is 21.6. The van der Waals surface area contributed by atoms with Crippen LogP contribution in [0.5, 0.6) is 0 Å². The summed E-state index contributed by atoms with van der Waals surface area (Å²) < 4.78 is 10.5. The molecule has 0 aromatic carbocycles. The standard InChI is InChI=1S/C14H17N5O3/c1-10(20)19-5-6-21-11(8-19)7-16-13-12(3-2-4-15-13)14-17-9-22-18-14/h2-4,9,11H,5-8H2,1H3,(H,15,16). The lowest BCUT2D eigenvalue weighted by Crippen LogP contribution is -2.47. The summed E-state index contributed by atoms with van der Waals surface area (Å²) in [5.74, 6) is 1.21. The number of nitrogens with zero attached hydrogens (tertiary/aromatic N) is 4. The van der Waals surface area contributed by atoms with E-state index in [2.05, 4.69) is 20.4 Å². The van der Waals surface area contributed by atoms with Crippen molar-refractivity contribution >= 4 is 11.7 Å². The fourth-order valence-corrected chi connectivity index (χ4v) is 2.36. The predicted molar refractivity (Wildman–Crippen MR) is 78.0 cm³/mol. The first-order valence-electron chi connectivity index (χ1n) is 7.07. The van der Waals surface area contributed by atoms with Crippen molar-refractivity contribution in [1.29, 1.82) is 0 Å². The topological polar surface area (TPSA) is 93.4 Å². The second-order valence-electron chi connectivity index (χ2n) is 4.99. The van der Waals surface area contributed by atoms with Crippen molar-refractivity contribution < 1.29 is 14.1 Å². The Morgan fingerprint density at radius 3 is 3.18 bits per heavy atom. The molecule has 1 atom stereocenters. The summed E-state index contributed by atoms with van der Waals surface area (Å²) in [6, 6.07) is 3.68. The molecule has 0 bridgehead atoms. The van der Waals surface area contributed by atoms with Crippen LogP contribution in [0.2, 0.25) is 0 Å². The van der Waals surface area contributed by atoms with Crippen LogP contribution in [0.15, 0.2) is 29.2 Å². The first kappa shape index (κ1) is 14.5. The number of anilines is 1. The van der Waals surface area contributed by atoms with Gasteiger partial charge in [-0.05, 0) is 12.1 Å². The van der Waals surface area contributed by atoms with Crippen molar-refractivity contribution in [2.45, 2.75) is 13.0 Å². The number of carbonyl (C=O) groups is 1. The highest BCUT2D eigenvalue weighted by atomic mass is 16.5. The molecule has 116 valence electrons. The highest BCUT2D eigenvalue weighted by Crippen LogP contribution is 2.22. The number of morpholine rings is 1. The van der Waals surface area contributed by atoms with Crippen molar-refractivity contribution in [2.24, 2.45) is 0 Å². The molecule has 0 radical (unpaired) electrons. The third-order valence-corrected chi connectivity index (χ3v) is 3.49. The Kier molecular flexibility index (Phi) is 4.29. The van der Waals surface area contributed by atoms with Gasteiger partial charge in [0.2, 0.25) is 18.1 Å². The molecule has 1 fully saturated rings. The number of nitrogens with one attached hydrogen (secondary N) is 1. The largest absolute Gasteiger partial charge is 0.373 e. The zero-order valence-electron chi connectivity index (χ0n) is 12.2. The zero-order chi connectivity index (χ0) is 15.4. The van der Waals surface area contributed by atoms with E-state index >= 15 is 0 Å². The number of carbonyl (C=O) groups excluding carboxylic acids is 1. The Labute approximate surface area is 127 Å². The smallest absolute Gasteiger partial charge is 0.219 e. The van der Waals surface area contributed by atoms with E-state index in [1.165, 1.54) is 6.39 Å². The predicted octanol–water partition coefficient (Wildman–Crippen LogP) is 0.791. The fraction of sp³-hybridized carbons (Fsp3) is 0.429. The number of pyridine rings is 1. The molecule has 3 heterocycles. The summed E-state index contributed by atoms with van der Waals surface area (Å²) in [6.45, 7) is 3.89. The van der Waals surface area contributed by atoms with Crippen LogP contribution in [0, 0.1) is 0 Å². The van der Waals surface area contributed by atoms with E-state index in [-0.39, 0.29) is 12.0 Å². The average molecular weight is 303 g/mol. The Balaban J connectivity index is 1.66. The monoisotopic (exact) mass is 303 g/mol. The molecule has 1 unspecified atom stereocenters. The van der Waals surface area contributed by atoms with E-state index in [4.69, 9.17) is 9.26 Å². The SMILES string of the molecule is CC(=O)N1CCOC(CNc2ncccc2-c2ncon2)C1. The first-order chi connectivity index (χ1) is 10.7. The molecule has 1 N–H and O–H groups in total. The van der Waals surface area contributed by atoms with Crippen LogP contribution in [0.3, 0.4) is 0 Å². The molecule has 0 spiro atoms. The van der Waals surface area contributed by atoms with Crippen molar-refractivity contribution in [2.75, 3.05) is 31.6 Å². The molecule has 2 aromatic rings. The number of hydrogen-bond acceptors (Lipinski definition) is 7. The van der Waals surface area contributed by atoms with Gasteiger partial charge >= 0.3 is 0 Å². The number of aromatic nitrogens is 3. The third-order valence-electron chi connectivity index (χ3n) is 3.49. The second kappa shape index (κ2) is 6.52. The molecule has 8 nitrogen and oxygen atoms in total. The normalized spacial score (nSPS) is 18.2. The molecule has 1 aliphatic rings. The van der Waals surface area contributed by atoms with Gasteiger partial charge in [-0.25, -0.2) is 4.98 Å². The van der Waals surface area contributed by atoms with Crippen LogP contribution in [0.1, 0.15) is 6.92 Å². The van der Waals surface area contributed by atoms with Crippen LogP contribution in [0.4, 0.5) is 5.82 Å². The lowest BCUT2D eigenvalue weighted by molar-refractivity contribution is -0.135. The van der Waals surface area contributed by atoms with Gasteiger partial charge in [-0.3, -0.25) is 4.79 Å². The minimum Gasteiger partial charge on any atom is -0.373 e. The lowest BCUT2D eigenvalue weighted by Gasteiger charge is -2.32. The Bertz CT molecular complexity index is 631. The van der Waals surface area contributed by atoms with Gasteiger partial charge in [-0.15, -0.1) is 0 Å². The Morgan fingerprint density at radius 2 is 2.41 bits per heavy atom. The number of hydrogen-bond donors (Lipinski definition) is 1. The summed E-state index contributed by atoms with van der Waals surface area (Å²) in [6.07, 6.45) is 2.90. The van der Waals surface area contributed by atoms with Crippen LogP contribution in [-0.2, 0) is 9.53 Å². The number of rotatable bonds is 4. The Hall–Kier alpha value is -2.48. The van der Waals surface area contributed by atoms with Crippen molar-refractivity contribution in [3.05, 3.63) is 24.7 Å². The molecule has 1 amide bonds. The molecular formula is C14H17N5O3. The fourth-order valence-electron chi connectivity index (χ4n) is 2.36. The van der Waals surface area contributed by atoms with Crippen LogP contribution in [-0.4, -0.2) is 58.3 Å². The summed E-state index contributed by atoms with van der Waals surface area (Å²) in [7, 11) is 0. The maximum absolute atomic E-state index is 11.4. The highest BCUT2D eigenvalue weighted by Gasteiger charge is 2.22. The van der Waals surface area contributed by atoms with Gasteiger partial charge in [0.15, 0.2) is 0 Å². The number of ether oxygens (including phenoxy) is 1. The number of amides is 1. The van der Waals surface area contributed by atoms with Gasteiger partial charge in [0, 0.05) is 32.8 Å². The average Bonchev–Trinajstić information content (AvgIpc) is 3.08. The van der Waals surface area contributed by atoms with E-state index in [0.717, 1.165) is 5.56 Å². The second-order valence-corrected chi connectivity index (χ2v) is 4.99. The molecular weight excluding hydrogens is 286 g/mol. The van der Waals surface area contributed by atoms with Crippen molar-refractivity contribution in [3.63, 3.8) is 0 Å². The zero-order valence-corrected chi connectivity index (χ0v) is 12.2. The molecule has 1 saturated heterocycles. The van der Waals surface area contributed by atoms with E-state index in [0.29, 0.717) is 37.9 Å². The highest BCUT2D eigenvalue weighted by molar-refractivity contribution is 5.73. The minimum atomic E-state index is -0.0715. The van der Waals surface area contributed by atoms with Crippen LogP contribution < -0.4 is 5.32 Å². The van der Waals surface area contributed by atoms with E-state index in [1.807, 2.05) is 12.1 Å². The van der Waals surface area contributed by atoms with Crippen molar-refractivity contribution in [1.82, 2.24) is 20.0 Å². The van der Waals surface area contributed by atoms with Gasteiger partial charge < -0.3 is 19.5 Å². The summed E-state index contributed by atoms with van der Waals surface area (Å²) in [5.41, 5.74) is 0.760. The molecule has 8 heteroatoms. The molecule has 3 rings (SSSR count). The summed E-state index contributed by atoms with van der Waals surface area (Å²) in [5, 5.41) is 7.06. The first-order valence-corrected chi connectivity index (χ1v) is 7.07. The minimum absolute atomic E-state index is 0.0682. The van der Waals surface area contributed by atoms with Crippen LogP contribution in [0.25, 0.3) is 11.4 Å². The van der Waals surface area contributed by atoms with E-state index < -0.39 is 0 Å². The maximum Gasteiger partial charge on any atom is 0.219 e. The lowest BCUT2D eigenvalue weighted by atomic mass is 10.2. The molecule has 1 aliphatic heterocycles. The van der Waals surface area contributed by atoms with Crippen molar-refractivity contribution in [3.8, 4) is 11.4 Å². The van der Waals surface area contributed by atoms with E-state index in [9.17, 15) is 4.79 Å². The van der Waals surface area contributed by atoms with Gasteiger partial charge in [-0.2, -0.15) is 4.98 Å². The quantitative estimate of drug-likeness (QED) is 0.892. The maximum atomic E-state index is 11.4. The molecule has 0 saturated carbocycles. The Morgan fingerprint density at radius 1 is 1.50 bits per heavy atom. The molecule has 0 aliphatic carbocycles. The van der Waals surface area contributed by atoms with E-state index in [1.54, 1.807) is 18.0 Å².